The highest BCUT2D eigenvalue weighted by molar-refractivity contribution is 9.10. The zero-order chi connectivity index (χ0) is 17.3. The van der Waals surface area contributed by atoms with E-state index in [0.717, 1.165) is 15.8 Å². The summed E-state index contributed by atoms with van der Waals surface area (Å²) in [6, 6.07) is 11.2. The molecule has 0 aromatic heterocycles. The van der Waals surface area contributed by atoms with Gasteiger partial charge in [0, 0.05) is 6.07 Å². The summed E-state index contributed by atoms with van der Waals surface area (Å²) < 4.78 is 17.7. The number of fused-ring (bicyclic) bond motifs is 1. The normalized spacial score (nSPS) is 15.4. The van der Waals surface area contributed by atoms with Crippen LogP contribution >= 0.6 is 15.9 Å². The number of methoxy groups -OCH3 is 1. The van der Waals surface area contributed by atoms with E-state index in [2.05, 4.69) is 15.9 Å². The van der Waals surface area contributed by atoms with E-state index in [4.69, 9.17) is 14.2 Å². The van der Waals surface area contributed by atoms with E-state index >= 15 is 0 Å². The Morgan fingerprint density at radius 1 is 1.21 bits per heavy atom. The number of rotatable bonds is 4. The van der Waals surface area contributed by atoms with Gasteiger partial charge < -0.3 is 14.2 Å². The van der Waals surface area contributed by atoms with Gasteiger partial charge in [0.15, 0.2) is 5.78 Å². The molecule has 1 heterocycles. The van der Waals surface area contributed by atoms with Crippen molar-refractivity contribution >= 4 is 21.7 Å². The number of halogens is 1. The fraction of sp³-hybridized carbons (Fsp3) is 0.316. The predicted octanol–water partition coefficient (Wildman–Crippen LogP) is 4.78. The molecule has 4 nitrogen and oxygen atoms in total. The molecule has 3 rings (SSSR count). The Hall–Kier alpha value is -2.01. The number of carbonyl (C=O) groups is 1. The average molecular weight is 391 g/mol. The Morgan fingerprint density at radius 3 is 2.58 bits per heavy atom. The molecule has 2 aromatic carbocycles. The second-order valence-corrected chi connectivity index (χ2v) is 7.23. The maximum Gasteiger partial charge on any atom is 0.170 e. The predicted molar refractivity (Wildman–Crippen MR) is 95.1 cm³/mol. The first-order chi connectivity index (χ1) is 11.4. The summed E-state index contributed by atoms with van der Waals surface area (Å²) in [5, 5.41) is 0. The quantitative estimate of drug-likeness (QED) is 0.753. The number of ether oxygens (including phenoxy) is 3. The molecule has 126 valence electrons. The van der Waals surface area contributed by atoms with Crippen molar-refractivity contribution in [2.24, 2.45) is 0 Å². The van der Waals surface area contributed by atoms with Crippen LogP contribution in [0.4, 0.5) is 0 Å². The third kappa shape index (κ3) is 3.56. The molecule has 1 aliphatic rings. The zero-order valence-electron chi connectivity index (χ0n) is 13.9. The highest BCUT2D eigenvalue weighted by Crippen LogP contribution is 2.39. The Kier molecular flexibility index (Phi) is 4.54. The first-order valence-corrected chi connectivity index (χ1v) is 8.49. The number of carbonyl (C=O) groups excluding carboxylic acids is 1. The van der Waals surface area contributed by atoms with Crippen LogP contribution in [0.25, 0.3) is 0 Å². The first kappa shape index (κ1) is 16.8. The van der Waals surface area contributed by atoms with Gasteiger partial charge >= 0.3 is 0 Å². The second-order valence-electron chi connectivity index (χ2n) is 6.38. The van der Waals surface area contributed by atoms with Crippen molar-refractivity contribution in [3.05, 3.63) is 52.0 Å². The summed E-state index contributed by atoms with van der Waals surface area (Å²) in [6.07, 6.45) is 0.374. The van der Waals surface area contributed by atoms with Gasteiger partial charge in [0.05, 0.1) is 23.6 Å². The third-order valence-electron chi connectivity index (χ3n) is 3.86. The summed E-state index contributed by atoms with van der Waals surface area (Å²) in [6.45, 7) is 4.24. The monoisotopic (exact) mass is 390 g/mol. The number of ketones is 1. The number of Topliss-reactive ketones (excluding diaryl/α,β-unsaturated/α-hetero) is 1. The van der Waals surface area contributed by atoms with Crippen molar-refractivity contribution in [1.82, 2.24) is 0 Å². The second kappa shape index (κ2) is 6.48. The summed E-state index contributed by atoms with van der Waals surface area (Å²) in [5.41, 5.74) is 1.13. The Balaban J connectivity index is 1.80. The van der Waals surface area contributed by atoms with E-state index in [0.29, 0.717) is 30.1 Å². The van der Waals surface area contributed by atoms with Gasteiger partial charge in [-0.05, 0) is 53.5 Å². The van der Waals surface area contributed by atoms with Crippen LogP contribution < -0.4 is 14.2 Å². The lowest BCUT2D eigenvalue weighted by molar-refractivity contribution is 0.0618. The van der Waals surface area contributed by atoms with Crippen molar-refractivity contribution < 1.29 is 19.0 Å². The molecule has 0 fully saturated rings. The summed E-state index contributed by atoms with van der Waals surface area (Å²) in [4.78, 5) is 12.3. The Morgan fingerprint density at radius 2 is 1.92 bits per heavy atom. The minimum absolute atomic E-state index is 0.0867. The number of benzene rings is 2. The molecule has 0 amide bonds. The molecular formula is C19H19BrO4. The molecule has 24 heavy (non-hydrogen) atoms. The lowest BCUT2D eigenvalue weighted by Gasteiger charge is -2.32. The maximum atomic E-state index is 12.3. The fourth-order valence-electron chi connectivity index (χ4n) is 2.65. The standard InChI is InChI=1S/C19H19BrO4/c1-19(2)10-16(21)14-8-15(20)18(9-17(14)24-19)23-11-12-4-6-13(22-3)7-5-12/h4-9H,10-11H2,1-3H3. The lowest BCUT2D eigenvalue weighted by Crippen LogP contribution is -2.35. The van der Waals surface area contributed by atoms with E-state index < -0.39 is 5.60 Å². The molecule has 0 unspecified atom stereocenters. The Labute approximate surface area is 149 Å². The molecule has 5 heteroatoms. The molecule has 0 spiro atoms. The molecular weight excluding hydrogens is 372 g/mol. The van der Waals surface area contributed by atoms with Gasteiger partial charge in [-0.2, -0.15) is 0 Å². The first-order valence-electron chi connectivity index (χ1n) is 7.69. The third-order valence-corrected chi connectivity index (χ3v) is 4.48. The van der Waals surface area contributed by atoms with Gasteiger partial charge in [-0.15, -0.1) is 0 Å². The smallest absolute Gasteiger partial charge is 0.170 e. The molecule has 0 bridgehead atoms. The van der Waals surface area contributed by atoms with Crippen LogP contribution in [-0.2, 0) is 6.61 Å². The largest absolute Gasteiger partial charge is 0.497 e. The van der Waals surface area contributed by atoms with Crippen molar-refractivity contribution in [2.75, 3.05) is 7.11 Å². The summed E-state index contributed by atoms with van der Waals surface area (Å²) in [5.74, 6) is 2.12. The Bertz CT molecular complexity index is 766. The maximum absolute atomic E-state index is 12.3. The van der Waals surface area contributed by atoms with Crippen molar-refractivity contribution in [2.45, 2.75) is 32.5 Å². The van der Waals surface area contributed by atoms with Crippen LogP contribution in [0.5, 0.6) is 17.2 Å². The van der Waals surface area contributed by atoms with Crippen LogP contribution in [0.15, 0.2) is 40.9 Å². The number of hydrogen-bond donors (Lipinski definition) is 0. The minimum Gasteiger partial charge on any atom is -0.497 e. The number of hydrogen-bond acceptors (Lipinski definition) is 4. The summed E-state index contributed by atoms with van der Waals surface area (Å²) >= 11 is 3.48. The highest BCUT2D eigenvalue weighted by Gasteiger charge is 2.33. The molecule has 0 atom stereocenters. The molecule has 0 radical (unpaired) electrons. The lowest BCUT2D eigenvalue weighted by atomic mass is 9.93. The topological polar surface area (TPSA) is 44.8 Å². The van der Waals surface area contributed by atoms with Crippen molar-refractivity contribution in [1.29, 1.82) is 0 Å². The van der Waals surface area contributed by atoms with Gasteiger partial charge in [-0.3, -0.25) is 4.79 Å². The van der Waals surface area contributed by atoms with Crippen molar-refractivity contribution in [3.8, 4) is 17.2 Å². The van der Waals surface area contributed by atoms with E-state index in [-0.39, 0.29) is 5.78 Å². The molecule has 2 aromatic rings. The van der Waals surface area contributed by atoms with Crippen LogP contribution in [0.3, 0.4) is 0 Å². The molecule has 0 aliphatic carbocycles. The SMILES string of the molecule is COc1ccc(COc2cc3c(cc2Br)C(=O)CC(C)(C)O3)cc1. The van der Waals surface area contributed by atoms with E-state index in [9.17, 15) is 4.79 Å². The summed E-state index contributed by atoms with van der Waals surface area (Å²) in [7, 11) is 1.64. The van der Waals surface area contributed by atoms with Gasteiger partial charge in [0.1, 0.15) is 29.5 Å². The molecule has 0 N–H and O–H groups in total. The van der Waals surface area contributed by atoms with Crippen LogP contribution in [-0.4, -0.2) is 18.5 Å². The van der Waals surface area contributed by atoms with Gasteiger partial charge in [0.2, 0.25) is 0 Å². The average Bonchev–Trinajstić information content (AvgIpc) is 2.53. The van der Waals surface area contributed by atoms with E-state index in [1.807, 2.05) is 38.1 Å². The fourth-order valence-corrected chi connectivity index (χ4v) is 3.10. The molecule has 0 saturated carbocycles. The van der Waals surface area contributed by atoms with Gasteiger partial charge in [0.25, 0.3) is 0 Å². The highest BCUT2D eigenvalue weighted by atomic mass is 79.9. The van der Waals surface area contributed by atoms with Crippen LogP contribution in [0.1, 0.15) is 36.2 Å². The van der Waals surface area contributed by atoms with Crippen LogP contribution in [0.2, 0.25) is 0 Å². The van der Waals surface area contributed by atoms with E-state index in [1.165, 1.54) is 0 Å². The molecule has 0 saturated heterocycles. The van der Waals surface area contributed by atoms with Crippen LogP contribution in [0, 0.1) is 0 Å². The molecule has 1 aliphatic heterocycles. The minimum atomic E-state index is -0.495. The zero-order valence-corrected chi connectivity index (χ0v) is 15.5. The van der Waals surface area contributed by atoms with Gasteiger partial charge in [-0.1, -0.05) is 12.1 Å². The van der Waals surface area contributed by atoms with E-state index in [1.54, 1.807) is 19.2 Å². The van der Waals surface area contributed by atoms with Crippen molar-refractivity contribution in [3.63, 3.8) is 0 Å². The van der Waals surface area contributed by atoms with Gasteiger partial charge in [-0.25, -0.2) is 0 Å².